The van der Waals surface area contributed by atoms with Gasteiger partial charge in [-0.05, 0) is 26.2 Å². The smallest absolute Gasteiger partial charge is 0.333 e. The fourth-order valence-corrected chi connectivity index (χ4v) is 1.42. The topological polar surface area (TPSA) is 52.6 Å². The third kappa shape index (κ3) is 8.73. The fraction of sp³-hybridized carbons (Fsp3) is 0.750. The van der Waals surface area contributed by atoms with Gasteiger partial charge >= 0.3 is 11.9 Å². The predicted molar refractivity (Wildman–Crippen MR) is 79.3 cm³/mol. The maximum absolute atomic E-state index is 11.6. The number of carbonyl (C=O) groups is 2. The molecule has 0 amide bonds. The highest BCUT2D eigenvalue weighted by molar-refractivity contribution is 5.87. The molecule has 0 spiro atoms. The second-order valence-electron chi connectivity index (χ2n) is 5.03. The monoisotopic (exact) mass is 284 g/mol. The van der Waals surface area contributed by atoms with Gasteiger partial charge in [0.1, 0.15) is 0 Å². The van der Waals surface area contributed by atoms with E-state index < -0.39 is 0 Å². The average molecular weight is 284 g/mol. The number of allylic oxidation sites excluding steroid dienone is 1. The van der Waals surface area contributed by atoms with Crippen LogP contribution in [0.4, 0.5) is 0 Å². The number of unbranched alkanes of at least 4 members (excludes halogenated alkanes) is 2. The van der Waals surface area contributed by atoms with Crippen LogP contribution in [0.3, 0.4) is 0 Å². The van der Waals surface area contributed by atoms with E-state index in [0.29, 0.717) is 25.2 Å². The third-order valence-electron chi connectivity index (χ3n) is 2.98. The molecule has 0 bridgehead atoms. The Bertz CT molecular complexity index is 320. The van der Waals surface area contributed by atoms with Crippen molar-refractivity contribution in [2.75, 3.05) is 13.2 Å². The van der Waals surface area contributed by atoms with Crippen molar-refractivity contribution in [1.82, 2.24) is 0 Å². The van der Waals surface area contributed by atoms with Gasteiger partial charge in [-0.2, -0.15) is 0 Å². The van der Waals surface area contributed by atoms with Gasteiger partial charge in [0, 0.05) is 5.57 Å². The van der Waals surface area contributed by atoms with Crippen molar-refractivity contribution in [2.45, 2.75) is 59.8 Å². The summed E-state index contributed by atoms with van der Waals surface area (Å²) in [5, 5.41) is 0. The summed E-state index contributed by atoms with van der Waals surface area (Å²) in [5.41, 5.74) is 0.550. The first-order valence-corrected chi connectivity index (χ1v) is 7.53. The summed E-state index contributed by atoms with van der Waals surface area (Å²) in [6.07, 6.45) is 6.01. The van der Waals surface area contributed by atoms with E-state index in [1.807, 2.05) is 13.8 Å². The second kappa shape index (κ2) is 11.5. The lowest BCUT2D eigenvalue weighted by Gasteiger charge is -2.10. The largest absolute Gasteiger partial charge is 0.465 e. The van der Waals surface area contributed by atoms with E-state index in [4.69, 9.17) is 9.47 Å². The Labute approximate surface area is 122 Å². The Hall–Kier alpha value is -1.32. The van der Waals surface area contributed by atoms with Gasteiger partial charge in [0.25, 0.3) is 0 Å². The molecule has 1 unspecified atom stereocenters. The number of hydrogen-bond donors (Lipinski definition) is 0. The summed E-state index contributed by atoms with van der Waals surface area (Å²) < 4.78 is 10.2. The van der Waals surface area contributed by atoms with Gasteiger partial charge in [0.2, 0.25) is 0 Å². The standard InChI is InChI=1S/C16H28O4/c1-5-7-11-19-15(17)13(3)9-10-14(4)16(18)20-12-8-6-2/h9,14H,5-8,10-12H2,1-4H3/b13-9+. The van der Waals surface area contributed by atoms with E-state index in [-0.39, 0.29) is 17.9 Å². The summed E-state index contributed by atoms with van der Waals surface area (Å²) in [4.78, 5) is 23.2. The van der Waals surface area contributed by atoms with Gasteiger partial charge in [-0.15, -0.1) is 0 Å². The van der Waals surface area contributed by atoms with Crippen molar-refractivity contribution < 1.29 is 19.1 Å². The molecule has 20 heavy (non-hydrogen) atoms. The van der Waals surface area contributed by atoms with Crippen LogP contribution in [-0.4, -0.2) is 25.2 Å². The Morgan fingerprint density at radius 3 is 2.15 bits per heavy atom. The molecule has 0 saturated carbocycles. The van der Waals surface area contributed by atoms with Crippen molar-refractivity contribution in [3.05, 3.63) is 11.6 Å². The van der Waals surface area contributed by atoms with Gasteiger partial charge in [-0.3, -0.25) is 4.79 Å². The fourth-order valence-electron chi connectivity index (χ4n) is 1.42. The number of hydrogen-bond acceptors (Lipinski definition) is 4. The summed E-state index contributed by atoms with van der Waals surface area (Å²) in [5.74, 6) is -0.739. The zero-order chi connectivity index (χ0) is 15.4. The molecule has 0 aromatic rings. The molecule has 4 nitrogen and oxygen atoms in total. The zero-order valence-electron chi connectivity index (χ0n) is 13.2. The first kappa shape index (κ1) is 18.7. The molecule has 116 valence electrons. The van der Waals surface area contributed by atoms with Crippen LogP contribution in [0.2, 0.25) is 0 Å². The normalized spacial score (nSPS) is 12.9. The highest BCUT2D eigenvalue weighted by atomic mass is 16.5. The number of carbonyl (C=O) groups excluding carboxylic acids is 2. The van der Waals surface area contributed by atoms with Crippen molar-refractivity contribution in [2.24, 2.45) is 5.92 Å². The van der Waals surface area contributed by atoms with Crippen LogP contribution < -0.4 is 0 Å². The Morgan fingerprint density at radius 1 is 1.05 bits per heavy atom. The molecule has 0 aromatic heterocycles. The highest BCUT2D eigenvalue weighted by Gasteiger charge is 2.14. The van der Waals surface area contributed by atoms with E-state index in [0.717, 1.165) is 25.7 Å². The van der Waals surface area contributed by atoms with Crippen molar-refractivity contribution in [3.63, 3.8) is 0 Å². The van der Waals surface area contributed by atoms with Crippen LogP contribution in [0.5, 0.6) is 0 Å². The van der Waals surface area contributed by atoms with Crippen molar-refractivity contribution in [1.29, 1.82) is 0 Å². The highest BCUT2D eigenvalue weighted by Crippen LogP contribution is 2.09. The van der Waals surface area contributed by atoms with Crippen LogP contribution in [0.15, 0.2) is 11.6 Å². The van der Waals surface area contributed by atoms with Gasteiger partial charge in [0.05, 0.1) is 19.1 Å². The zero-order valence-corrected chi connectivity index (χ0v) is 13.2. The second-order valence-corrected chi connectivity index (χ2v) is 5.03. The first-order chi connectivity index (χ1) is 9.52. The number of ether oxygens (including phenoxy) is 2. The molecule has 1 atom stereocenters. The lowest BCUT2D eigenvalue weighted by molar-refractivity contribution is -0.148. The molecular weight excluding hydrogens is 256 g/mol. The minimum atomic E-state index is -0.301. The van der Waals surface area contributed by atoms with Crippen molar-refractivity contribution >= 4 is 11.9 Å². The summed E-state index contributed by atoms with van der Waals surface area (Å²) >= 11 is 0. The lowest BCUT2D eigenvalue weighted by Crippen LogP contribution is -2.15. The molecule has 0 aliphatic rings. The molecule has 0 aliphatic carbocycles. The molecule has 0 saturated heterocycles. The molecule has 0 radical (unpaired) electrons. The molecule has 0 fully saturated rings. The van der Waals surface area contributed by atoms with Gasteiger partial charge in [0.15, 0.2) is 0 Å². The van der Waals surface area contributed by atoms with Crippen LogP contribution in [0, 0.1) is 5.92 Å². The van der Waals surface area contributed by atoms with Gasteiger partial charge in [-0.25, -0.2) is 4.79 Å². The van der Waals surface area contributed by atoms with Crippen LogP contribution in [0.1, 0.15) is 59.8 Å². The molecular formula is C16H28O4. The van der Waals surface area contributed by atoms with E-state index in [2.05, 4.69) is 0 Å². The molecule has 0 N–H and O–H groups in total. The predicted octanol–water partition coefficient (Wildman–Crippen LogP) is 3.65. The van der Waals surface area contributed by atoms with Crippen molar-refractivity contribution in [3.8, 4) is 0 Å². The average Bonchev–Trinajstić information content (AvgIpc) is 2.44. The molecule has 0 aliphatic heterocycles. The minimum Gasteiger partial charge on any atom is -0.465 e. The van der Waals surface area contributed by atoms with Gasteiger partial charge < -0.3 is 9.47 Å². The minimum absolute atomic E-state index is 0.207. The van der Waals surface area contributed by atoms with Gasteiger partial charge in [-0.1, -0.05) is 39.7 Å². The third-order valence-corrected chi connectivity index (χ3v) is 2.98. The van der Waals surface area contributed by atoms with E-state index in [9.17, 15) is 9.59 Å². The van der Waals surface area contributed by atoms with E-state index in [1.165, 1.54) is 0 Å². The molecule has 0 heterocycles. The van der Waals surface area contributed by atoms with Crippen LogP contribution in [-0.2, 0) is 19.1 Å². The lowest BCUT2D eigenvalue weighted by atomic mass is 10.1. The molecule has 0 aromatic carbocycles. The van der Waals surface area contributed by atoms with E-state index >= 15 is 0 Å². The quantitative estimate of drug-likeness (QED) is 0.349. The van der Waals surface area contributed by atoms with E-state index in [1.54, 1.807) is 19.9 Å². The summed E-state index contributed by atoms with van der Waals surface area (Å²) in [7, 11) is 0. The Balaban J connectivity index is 4.05. The molecule has 0 rings (SSSR count). The maximum Gasteiger partial charge on any atom is 0.333 e. The first-order valence-electron chi connectivity index (χ1n) is 7.53. The summed E-state index contributed by atoms with van der Waals surface area (Å²) in [6, 6.07) is 0. The maximum atomic E-state index is 11.6. The summed E-state index contributed by atoms with van der Waals surface area (Å²) in [6.45, 7) is 8.54. The Kier molecular flexibility index (Phi) is 10.7. The number of rotatable bonds is 10. The van der Waals surface area contributed by atoms with Crippen LogP contribution >= 0.6 is 0 Å². The molecule has 4 heteroatoms. The van der Waals surface area contributed by atoms with Crippen LogP contribution in [0.25, 0.3) is 0 Å². The Morgan fingerprint density at radius 2 is 1.60 bits per heavy atom. The SMILES string of the molecule is CCCCOC(=O)/C(C)=C/CC(C)C(=O)OCCCC. The number of esters is 2.